The van der Waals surface area contributed by atoms with E-state index in [1.807, 2.05) is 40.2 Å². The first-order valence-electron chi connectivity index (χ1n) is 9.85. The van der Waals surface area contributed by atoms with E-state index < -0.39 is 0 Å². The van der Waals surface area contributed by atoms with Gasteiger partial charge >= 0.3 is 0 Å². The largest absolute Gasteiger partial charge is 0.339 e. The Hall–Kier alpha value is -3.27. The number of allylic oxidation sites excluding steroid dienone is 6. The first-order valence-corrected chi connectivity index (χ1v) is 9.85. The highest BCUT2D eigenvalue weighted by atomic mass is 14.8. The Kier molecular flexibility index (Phi) is 6.23. The average Bonchev–Trinajstić information content (AvgIpc) is 3.49. The molecule has 0 radical (unpaired) electrons. The average molecular weight is 382 g/mol. The summed E-state index contributed by atoms with van der Waals surface area (Å²) >= 11 is 0. The van der Waals surface area contributed by atoms with Crippen molar-refractivity contribution in [3.63, 3.8) is 0 Å². The van der Waals surface area contributed by atoms with Crippen molar-refractivity contribution in [1.29, 1.82) is 0 Å². The smallest absolute Gasteiger partial charge is 0.178 e. The van der Waals surface area contributed by atoms with Gasteiger partial charge in [-0.2, -0.15) is 0 Å². The third kappa shape index (κ3) is 4.96. The first kappa shape index (κ1) is 20.5. The second-order valence-corrected chi connectivity index (χ2v) is 7.52. The van der Waals surface area contributed by atoms with Crippen molar-refractivity contribution in [1.82, 2.24) is 10.3 Å². The zero-order valence-electron chi connectivity index (χ0n) is 17.7. The number of aromatic amines is 1. The summed E-state index contributed by atoms with van der Waals surface area (Å²) in [5, 5.41) is 2.75. The number of aryl methyl sites for hydroxylation is 1. The van der Waals surface area contributed by atoms with Gasteiger partial charge in [-0.15, -0.1) is 0 Å². The fourth-order valence-corrected chi connectivity index (χ4v) is 3.08. The maximum Gasteiger partial charge on any atom is 0.178 e. The van der Waals surface area contributed by atoms with Crippen LogP contribution in [0.4, 0.5) is 0 Å². The lowest BCUT2D eigenvalue weighted by molar-refractivity contribution is 0.791. The molecular formula is C26H27N3. The van der Waals surface area contributed by atoms with Gasteiger partial charge in [-0.05, 0) is 64.2 Å². The second-order valence-electron chi connectivity index (χ2n) is 7.52. The Labute approximate surface area is 174 Å². The van der Waals surface area contributed by atoms with Gasteiger partial charge in [-0.3, -0.25) is 4.99 Å². The van der Waals surface area contributed by atoms with Crippen LogP contribution in [0.1, 0.15) is 30.5 Å². The molecule has 0 fully saturated rings. The van der Waals surface area contributed by atoms with Crippen molar-refractivity contribution < 1.29 is 0 Å². The topological polar surface area (TPSA) is 40.2 Å². The fraction of sp³-hybridized carbons (Fsp3) is 0.269. The summed E-state index contributed by atoms with van der Waals surface area (Å²) in [5.41, 5.74) is 6.11. The lowest BCUT2D eigenvalue weighted by atomic mass is 9.86. The lowest BCUT2D eigenvalue weighted by Crippen LogP contribution is -2.08. The van der Waals surface area contributed by atoms with Crippen LogP contribution in [0.5, 0.6) is 0 Å². The van der Waals surface area contributed by atoms with Crippen molar-refractivity contribution in [2.24, 2.45) is 10.4 Å². The van der Waals surface area contributed by atoms with Gasteiger partial charge in [0.15, 0.2) is 5.49 Å². The number of hydrogen-bond acceptors (Lipinski definition) is 2. The lowest BCUT2D eigenvalue weighted by Gasteiger charge is -2.15. The van der Waals surface area contributed by atoms with Crippen LogP contribution in [0.2, 0.25) is 0 Å². The van der Waals surface area contributed by atoms with Crippen LogP contribution in [-0.2, 0) is 0 Å². The molecule has 146 valence electrons. The predicted octanol–water partition coefficient (Wildman–Crippen LogP) is 4.11. The highest BCUT2D eigenvalue weighted by molar-refractivity contribution is 5.93. The van der Waals surface area contributed by atoms with Crippen molar-refractivity contribution in [2.45, 2.75) is 26.8 Å². The Morgan fingerprint density at radius 1 is 1.14 bits per heavy atom. The third-order valence-corrected chi connectivity index (χ3v) is 4.45. The summed E-state index contributed by atoms with van der Waals surface area (Å²) in [6.45, 7) is 6.20. The Balaban J connectivity index is 0.000000755. The van der Waals surface area contributed by atoms with Crippen LogP contribution in [0, 0.1) is 36.3 Å². The van der Waals surface area contributed by atoms with Gasteiger partial charge in [0.25, 0.3) is 0 Å². The van der Waals surface area contributed by atoms with E-state index in [0.717, 1.165) is 11.1 Å². The molecule has 0 saturated carbocycles. The highest BCUT2D eigenvalue weighted by Gasteiger charge is 2.37. The summed E-state index contributed by atoms with van der Waals surface area (Å²) in [4.78, 5) is 7.65. The molecular weight excluding hydrogens is 354 g/mol. The van der Waals surface area contributed by atoms with E-state index in [-0.39, 0.29) is 11.5 Å². The molecule has 2 aliphatic carbocycles. The number of H-pyrrole nitrogens is 1. The highest BCUT2D eigenvalue weighted by Crippen LogP contribution is 2.48. The zero-order chi connectivity index (χ0) is 20.9. The van der Waals surface area contributed by atoms with Crippen LogP contribution in [0.15, 0.2) is 59.8 Å². The summed E-state index contributed by atoms with van der Waals surface area (Å²) in [5.74, 6) is 6.59. The molecule has 0 unspecified atom stereocenters. The van der Waals surface area contributed by atoms with Crippen molar-refractivity contribution in [2.75, 3.05) is 14.1 Å². The Morgan fingerprint density at radius 2 is 1.90 bits per heavy atom. The SMILES string of the molecule is CNC.Cc1cccc(C2=CC(c3c#cc(=NC(C)C)[nH]c3)=CC#CC23C=C3)c1. The summed E-state index contributed by atoms with van der Waals surface area (Å²) in [6.07, 6.45) is 10.4. The van der Waals surface area contributed by atoms with Gasteiger partial charge in [0.05, 0.1) is 5.41 Å². The predicted molar refractivity (Wildman–Crippen MR) is 121 cm³/mol. The standard InChI is InChI=1S/C24H20N2.C2H7N/c1-17(2)26-23-10-9-21(16-25-23)19-8-5-11-24(12-13-24)22(15-19)20-7-4-6-18(3)14-20;1-3-2/h4,6-8,12-17H,1-3H3,(H,25,26);3H,1-2H3. The number of rotatable bonds is 3. The van der Waals surface area contributed by atoms with E-state index in [4.69, 9.17) is 0 Å². The number of hydrogen-bond donors (Lipinski definition) is 2. The van der Waals surface area contributed by atoms with E-state index >= 15 is 0 Å². The number of nitrogens with zero attached hydrogens (tertiary/aromatic N) is 1. The molecule has 1 aromatic heterocycles. The van der Waals surface area contributed by atoms with E-state index in [9.17, 15) is 0 Å². The molecule has 0 amide bonds. The summed E-state index contributed by atoms with van der Waals surface area (Å²) in [7, 11) is 3.75. The quantitative estimate of drug-likeness (QED) is 0.610. The van der Waals surface area contributed by atoms with Crippen molar-refractivity contribution >= 4 is 11.1 Å². The minimum Gasteiger partial charge on any atom is -0.339 e. The van der Waals surface area contributed by atoms with Gasteiger partial charge in [-0.1, -0.05) is 59.9 Å². The van der Waals surface area contributed by atoms with Crippen LogP contribution >= 0.6 is 0 Å². The zero-order valence-corrected chi connectivity index (χ0v) is 17.7. The molecule has 3 heteroatoms. The minimum atomic E-state index is -0.230. The first-order chi connectivity index (χ1) is 14.0. The molecule has 0 bridgehead atoms. The third-order valence-electron chi connectivity index (χ3n) is 4.45. The van der Waals surface area contributed by atoms with Gasteiger partial charge in [0.2, 0.25) is 0 Å². The fourth-order valence-electron chi connectivity index (χ4n) is 3.08. The maximum absolute atomic E-state index is 4.45. The second kappa shape index (κ2) is 8.82. The summed E-state index contributed by atoms with van der Waals surface area (Å²) in [6, 6.07) is 15.1. The van der Waals surface area contributed by atoms with Crippen molar-refractivity contribution in [3.8, 4) is 11.8 Å². The van der Waals surface area contributed by atoms with E-state index in [1.165, 1.54) is 16.7 Å². The van der Waals surface area contributed by atoms with Gasteiger partial charge in [0, 0.05) is 23.4 Å². The number of benzene rings is 1. The Bertz CT molecular complexity index is 1070. The van der Waals surface area contributed by atoms with Crippen LogP contribution in [0.3, 0.4) is 0 Å². The van der Waals surface area contributed by atoms with Crippen LogP contribution in [0.25, 0.3) is 11.1 Å². The van der Waals surface area contributed by atoms with Crippen molar-refractivity contribution in [3.05, 3.63) is 89.1 Å². The molecule has 2 aromatic rings. The molecule has 29 heavy (non-hydrogen) atoms. The van der Waals surface area contributed by atoms with E-state index in [2.05, 4.69) is 88.7 Å². The normalized spacial score (nSPS) is 16.0. The van der Waals surface area contributed by atoms with Crippen LogP contribution < -0.4 is 10.8 Å². The molecule has 1 aromatic carbocycles. The monoisotopic (exact) mass is 381 g/mol. The molecule has 1 heterocycles. The molecule has 1 spiro atoms. The van der Waals surface area contributed by atoms with E-state index in [0.29, 0.717) is 5.49 Å². The molecule has 0 saturated heterocycles. The van der Waals surface area contributed by atoms with Gasteiger partial charge < -0.3 is 10.3 Å². The number of nitrogens with one attached hydrogen (secondary N) is 2. The van der Waals surface area contributed by atoms with Gasteiger partial charge in [-0.25, -0.2) is 0 Å². The maximum atomic E-state index is 4.45. The summed E-state index contributed by atoms with van der Waals surface area (Å²) < 4.78 is 0. The van der Waals surface area contributed by atoms with Gasteiger partial charge in [0.1, 0.15) is 0 Å². The molecule has 4 rings (SSSR count). The minimum absolute atomic E-state index is 0.221. The molecule has 0 atom stereocenters. The molecule has 0 aliphatic heterocycles. The molecule has 3 nitrogen and oxygen atoms in total. The number of aromatic nitrogens is 1. The molecule has 2 N–H and O–H groups in total. The van der Waals surface area contributed by atoms with E-state index in [1.54, 1.807) is 0 Å². The molecule has 2 aliphatic rings. The Morgan fingerprint density at radius 3 is 2.48 bits per heavy atom. The van der Waals surface area contributed by atoms with Crippen LogP contribution in [-0.4, -0.2) is 25.1 Å².